The molecule has 3 rings (SSSR count). The normalized spacial score (nSPS) is 26.4. The molecular weight excluding hydrogens is 332 g/mol. The molecule has 6 heteroatoms. The van der Waals surface area contributed by atoms with E-state index in [9.17, 15) is 14.4 Å². The van der Waals surface area contributed by atoms with E-state index < -0.39 is 18.3 Å². The van der Waals surface area contributed by atoms with Crippen molar-refractivity contribution in [2.24, 2.45) is 10.8 Å². The van der Waals surface area contributed by atoms with Gasteiger partial charge in [-0.2, -0.15) is 0 Å². The highest BCUT2D eigenvalue weighted by atomic mass is 16.4. The summed E-state index contributed by atoms with van der Waals surface area (Å²) < 4.78 is 0. The summed E-state index contributed by atoms with van der Waals surface area (Å²) in [6, 6.07) is 6.94. The van der Waals surface area contributed by atoms with E-state index in [1.807, 2.05) is 4.90 Å². The summed E-state index contributed by atoms with van der Waals surface area (Å²) in [5.41, 5.74) is 1.52. The molecule has 2 unspecified atom stereocenters. The lowest BCUT2D eigenvalue weighted by Gasteiger charge is -2.39. The number of fused-ring (bicyclic) bond motifs is 2. The van der Waals surface area contributed by atoms with Crippen LogP contribution in [0.5, 0.6) is 0 Å². The van der Waals surface area contributed by atoms with Crippen molar-refractivity contribution in [1.82, 2.24) is 4.90 Å². The van der Waals surface area contributed by atoms with Crippen LogP contribution in [0.3, 0.4) is 0 Å². The van der Waals surface area contributed by atoms with Crippen LogP contribution in [0.4, 0.5) is 5.69 Å². The smallest absolute Gasteiger partial charge is 0.312 e. The summed E-state index contributed by atoms with van der Waals surface area (Å²) in [6.45, 7) is 7.62. The summed E-state index contributed by atoms with van der Waals surface area (Å²) in [7, 11) is 0. The standard InChI is InChI=1S/C20H26N2O4/c1-19(2)9-15-10-20(3,11-19)12-22(15)18(26)13-4-6-14(7-5-13)21-16(23)8-17(24)25/h4-7,15H,8-12H2,1-3H3,(H,21,23)(H,24,25). The Hall–Kier alpha value is -2.37. The molecule has 1 saturated heterocycles. The molecule has 2 atom stereocenters. The van der Waals surface area contributed by atoms with Crippen LogP contribution in [0.15, 0.2) is 24.3 Å². The van der Waals surface area contributed by atoms with Crippen molar-refractivity contribution < 1.29 is 19.5 Å². The van der Waals surface area contributed by atoms with Crippen LogP contribution in [0.25, 0.3) is 0 Å². The lowest BCUT2D eigenvalue weighted by molar-refractivity contribution is -0.139. The zero-order valence-electron chi connectivity index (χ0n) is 15.5. The number of anilines is 1. The average Bonchev–Trinajstić information content (AvgIpc) is 2.75. The topological polar surface area (TPSA) is 86.7 Å². The number of benzene rings is 1. The van der Waals surface area contributed by atoms with E-state index in [1.54, 1.807) is 24.3 Å². The van der Waals surface area contributed by atoms with E-state index in [0.29, 0.717) is 11.3 Å². The van der Waals surface area contributed by atoms with Crippen molar-refractivity contribution >= 4 is 23.5 Å². The first-order chi connectivity index (χ1) is 12.1. The molecule has 26 heavy (non-hydrogen) atoms. The number of aliphatic carboxylic acids is 1. The number of hydrogen-bond donors (Lipinski definition) is 2. The predicted molar refractivity (Wildman–Crippen MR) is 97.9 cm³/mol. The SMILES string of the molecule is CC1(C)CC2CC(C)(CN2C(=O)c2ccc(NC(=O)CC(=O)O)cc2)C1. The van der Waals surface area contributed by atoms with Gasteiger partial charge in [0.25, 0.3) is 5.91 Å². The van der Waals surface area contributed by atoms with Gasteiger partial charge in [-0.25, -0.2) is 0 Å². The molecule has 6 nitrogen and oxygen atoms in total. The first-order valence-corrected chi connectivity index (χ1v) is 9.00. The van der Waals surface area contributed by atoms with E-state index in [2.05, 4.69) is 26.1 Å². The third kappa shape index (κ3) is 3.89. The number of rotatable bonds is 4. The summed E-state index contributed by atoms with van der Waals surface area (Å²) in [5.74, 6) is -1.73. The van der Waals surface area contributed by atoms with Gasteiger partial charge in [0.2, 0.25) is 5.91 Å². The van der Waals surface area contributed by atoms with Gasteiger partial charge < -0.3 is 15.3 Å². The highest BCUT2D eigenvalue weighted by Crippen LogP contribution is 2.52. The van der Waals surface area contributed by atoms with Gasteiger partial charge in [-0.3, -0.25) is 14.4 Å². The molecule has 1 saturated carbocycles. The number of nitrogens with zero attached hydrogens (tertiary/aromatic N) is 1. The molecular formula is C20H26N2O4. The number of hydrogen-bond acceptors (Lipinski definition) is 3. The van der Waals surface area contributed by atoms with E-state index in [-0.39, 0.29) is 22.8 Å². The van der Waals surface area contributed by atoms with Crippen molar-refractivity contribution in [3.05, 3.63) is 29.8 Å². The highest BCUT2D eigenvalue weighted by Gasteiger charge is 2.50. The summed E-state index contributed by atoms with van der Waals surface area (Å²) in [5, 5.41) is 11.1. The van der Waals surface area contributed by atoms with Gasteiger partial charge in [0.05, 0.1) is 0 Å². The second-order valence-electron chi connectivity index (χ2n) is 8.84. The first-order valence-electron chi connectivity index (χ1n) is 9.00. The fourth-order valence-corrected chi connectivity index (χ4v) is 4.90. The second-order valence-corrected chi connectivity index (χ2v) is 8.84. The molecule has 1 aliphatic heterocycles. The Kier molecular flexibility index (Phi) is 4.54. The molecule has 0 radical (unpaired) electrons. The molecule has 2 amide bonds. The van der Waals surface area contributed by atoms with Crippen molar-refractivity contribution in [2.75, 3.05) is 11.9 Å². The van der Waals surface area contributed by atoms with E-state index in [0.717, 1.165) is 25.8 Å². The van der Waals surface area contributed by atoms with Gasteiger partial charge in [-0.05, 0) is 54.4 Å². The molecule has 1 aliphatic carbocycles. The van der Waals surface area contributed by atoms with E-state index >= 15 is 0 Å². The third-order valence-electron chi connectivity index (χ3n) is 5.40. The van der Waals surface area contributed by atoms with Crippen LogP contribution in [-0.2, 0) is 9.59 Å². The zero-order chi connectivity index (χ0) is 19.1. The fraction of sp³-hybridized carbons (Fsp3) is 0.550. The van der Waals surface area contributed by atoms with Crippen molar-refractivity contribution in [3.8, 4) is 0 Å². The molecule has 2 N–H and O–H groups in total. The number of carbonyl (C=O) groups is 3. The fourth-order valence-electron chi connectivity index (χ4n) is 4.90. The van der Waals surface area contributed by atoms with Crippen LogP contribution in [0, 0.1) is 10.8 Å². The van der Waals surface area contributed by atoms with E-state index in [1.165, 1.54) is 0 Å². The zero-order valence-corrected chi connectivity index (χ0v) is 15.5. The lowest BCUT2D eigenvalue weighted by atomic mass is 9.65. The molecule has 2 fully saturated rings. The molecule has 0 spiro atoms. The van der Waals surface area contributed by atoms with E-state index in [4.69, 9.17) is 5.11 Å². The third-order valence-corrected chi connectivity index (χ3v) is 5.40. The number of amides is 2. The molecule has 2 bridgehead atoms. The van der Waals surface area contributed by atoms with Crippen LogP contribution < -0.4 is 5.32 Å². The summed E-state index contributed by atoms with van der Waals surface area (Å²) >= 11 is 0. The first kappa shape index (κ1) is 18.4. The minimum Gasteiger partial charge on any atom is -0.481 e. The molecule has 2 aliphatic rings. The van der Waals surface area contributed by atoms with Crippen LogP contribution in [0.2, 0.25) is 0 Å². The van der Waals surface area contributed by atoms with Crippen molar-refractivity contribution in [2.45, 2.75) is 52.5 Å². The molecule has 1 aromatic rings. The Morgan fingerprint density at radius 2 is 1.81 bits per heavy atom. The average molecular weight is 358 g/mol. The van der Waals surface area contributed by atoms with Crippen LogP contribution >= 0.6 is 0 Å². The molecule has 140 valence electrons. The number of likely N-dealkylation sites (tertiary alicyclic amines) is 1. The maximum atomic E-state index is 13.0. The highest BCUT2D eigenvalue weighted by molar-refractivity contribution is 6.01. The van der Waals surface area contributed by atoms with Crippen LogP contribution in [0.1, 0.15) is 56.8 Å². The Bertz CT molecular complexity index is 741. The van der Waals surface area contributed by atoms with Gasteiger partial charge in [0.1, 0.15) is 6.42 Å². The predicted octanol–water partition coefficient (Wildman–Crippen LogP) is 3.14. The maximum absolute atomic E-state index is 13.0. The Morgan fingerprint density at radius 1 is 1.15 bits per heavy atom. The summed E-state index contributed by atoms with van der Waals surface area (Å²) in [6.07, 6.45) is 2.64. The second kappa shape index (κ2) is 6.41. The number of carbonyl (C=O) groups excluding carboxylic acids is 2. The number of nitrogens with one attached hydrogen (secondary N) is 1. The Balaban J connectivity index is 1.69. The van der Waals surface area contributed by atoms with Gasteiger partial charge in [-0.1, -0.05) is 20.8 Å². The van der Waals surface area contributed by atoms with Crippen LogP contribution in [-0.4, -0.2) is 40.4 Å². The molecule has 0 aromatic heterocycles. The van der Waals surface area contributed by atoms with Gasteiger partial charge in [-0.15, -0.1) is 0 Å². The van der Waals surface area contributed by atoms with Gasteiger partial charge in [0, 0.05) is 23.8 Å². The Morgan fingerprint density at radius 3 is 2.42 bits per heavy atom. The quantitative estimate of drug-likeness (QED) is 0.810. The minimum atomic E-state index is -1.18. The Labute approximate surface area is 153 Å². The van der Waals surface area contributed by atoms with Gasteiger partial charge in [0.15, 0.2) is 0 Å². The summed E-state index contributed by atoms with van der Waals surface area (Å²) in [4.78, 5) is 37.0. The monoisotopic (exact) mass is 358 g/mol. The lowest BCUT2D eigenvalue weighted by Crippen LogP contribution is -2.37. The van der Waals surface area contributed by atoms with Gasteiger partial charge >= 0.3 is 5.97 Å². The molecule has 1 aromatic carbocycles. The largest absolute Gasteiger partial charge is 0.481 e. The number of carboxylic acid groups (broad SMARTS) is 1. The van der Waals surface area contributed by atoms with Crippen molar-refractivity contribution in [3.63, 3.8) is 0 Å². The van der Waals surface area contributed by atoms with Crippen molar-refractivity contribution in [1.29, 1.82) is 0 Å². The number of carboxylic acids is 1. The maximum Gasteiger partial charge on any atom is 0.312 e. The molecule has 1 heterocycles. The minimum absolute atomic E-state index is 0.0276.